The lowest BCUT2D eigenvalue weighted by Crippen LogP contribution is -2.33. The smallest absolute Gasteiger partial charge is 0.407 e. The van der Waals surface area contributed by atoms with Gasteiger partial charge >= 0.3 is 11.8 Å². The Morgan fingerprint density at radius 2 is 2.15 bits per heavy atom. The third kappa shape index (κ3) is 3.69. The lowest BCUT2D eigenvalue weighted by molar-refractivity contribution is 0.166. The number of rotatable bonds is 4. The highest BCUT2D eigenvalue weighted by Crippen LogP contribution is 2.32. The summed E-state index contributed by atoms with van der Waals surface area (Å²) in [6.07, 6.45) is 3.87. The summed E-state index contributed by atoms with van der Waals surface area (Å²) >= 11 is 0. The number of para-hydroxylation sites is 1. The first kappa shape index (κ1) is 18.0. The van der Waals surface area contributed by atoms with E-state index in [1.165, 1.54) is 24.1 Å². The van der Waals surface area contributed by atoms with Crippen molar-refractivity contribution in [2.24, 2.45) is 6.98 Å². The third-order valence-corrected chi connectivity index (χ3v) is 5.99. The summed E-state index contributed by atoms with van der Waals surface area (Å²) in [5, 5.41) is 15.2. The lowest BCUT2D eigenvalue weighted by atomic mass is 10.2. The Labute approximate surface area is 198 Å². The molecule has 2 N–H and O–H groups in total. The van der Waals surface area contributed by atoms with Crippen LogP contribution in [0.3, 0.4) is 0 Å². The predicted molar refractivity (Wildman–Crippen MR) is 125 cm³/mol. The van der Waals surface area contributed by atoms with Gasteiger partial charge in [0.1, 0.15) is 17.4 Å². The van der Waals surface area contributed by atoms with Crippen molar-refractivity contribution >= 4 is 39.8 Å². The number of hydrogen-bond acceptors (Lipinski definition) is 8. The van der Waals surface area contributed by atoms with E-state index in [1.54, 1.807) is 24.3 Å². The number of carbonyl (C=O) groups is 1. The number of benzene rings is 1. The summed E-state index contributed by atoms with van der Waals surface area (Å²) in [6, 6.07) is 8.24. The number of carbonyl (C=O) groups excluding carboxylic acids is 1. The van der Waals surface area contributed by atoms with E-state index < -0.39 is 18.8 Å². The predicted octanol–water partition coefficient (Wildman–Crippen LogP) is 2.74. The average Bonchev–Trinajstić information content (AvgIpc) is 3.43. The highest BCUT2D eigenvalue weighted by molar-refractivity contribution is 5.83. The number of nitrogens with one attached hydrogen (secondary N) is 2. The molecule has 0 saturated heterocycles. The van der Waals surface area contributed by atoms with Crippen LogP contribution in [0.15, 0.2) is 41.5 Å². The normalized spacial score (nSPS) is 19.2. The molecule has 1 fully saturated rings. The number of amides is 1. The Kier molecular flexibility index (Phi) is 4.49. The molecule has 1 amide bonds. The van der Waals surface area contributed by atoms with Crippen LogP contribution in [0, 0.1) is 11.3 Å². The second kappa shape index (κ2) is 8.47. The zero-order valence-corrected chi connectivity index (χ0v) is 18.1. The molecule has 0 radical (unpaired) electrons. The Bertz CT molecular complexity index is 1620. The molecule has 4 aromatic rings. The number of anilines is 2. The van der Waals surface area contributed by atoms with Crippen LogP contribution in [0.1, 0.15) is 35.0 Å². The van der Waals surface area contributed by atoms with Crippen molar-refractivity contribution in [1.82, 2.24) is 29.4 Å². The quantitative estimate of drug-likeness (QED) is 0.473. The van der Waals surface area contributed by atoms with Crippen LogP contribution in [0.4, 0.5) is 16.4 Å². The van der Waals surface area contributed by atoms with Crippen molar-refractivity contribution in [2.75, 3.05) is 12.4 Å². The molecule has 172 valence electrons. The van der Waals surface area contributed by atoms with Crippen LogP contribution < -0.4 is 16.3 Å². The van der Waals surface area contributed by atoms with Gasteiger partial charge in [-0.1, -0.05) is 6.07 Å². The Morgan fingerprint density at radius 3 is 2.94 bits per heavy atom. The van der Waals surface area contributed by atoms with Gasteiger partial charge in [0.05, 0.1) is 41.6 Å². The minimum Gasteiger partial charge on any atom is -0.453 e. The highest BCUT2D eigenvalue weighted by atomic mass is 16.5. The zero-order chi connectivity index (χ0) is 26.3. The molecule has 11 nitrogen and oxygen atoms in total. The van der Waals surface area contributed by atoms with Crippen LogP contribution in [-0.2, 0) is 11.7 Å². The van der Waals surface area contributed by atoms with E-state index in [2.05, 4.69) is 36.4 Å². The minimum atomic E-state index is -2.71. The number of hydrogen-bond donors (Lipinski definition) is 2. The number of pyridine rings is 1. The first-order valence-electron chi connectivity index (χ1n) is 12.1. The molecule has 11 heteroatoms. The molecule has 3 aromatic heterocycles. The van der Waals surface area contributed by atoms with Gasteiger partial charge in [-0.2, -0.15) is 5.26 Å². The monoisotopic (exact) mass is 461 g/mol. The third-order valence-electron chi connectivity index (χ3n) is 5.99. The molecule has 34 heavy (non-hydrogen) atoms. The fraction of sp³-hybridized carbons (Fsp3) is 0.304. The standard InChI is InChI=1S/C23H22N8O3/c1-30-18-11-26-19(28-20-12-25-16-5-3-4-13(10-24)21(16)29-20)9-17(18)31(23(30)33)15-7-6-14(8-15)27-22(32)34-2/h3-5,9,11-12,14-15H,6-8H2,1-2H3,(H,27,32)(H,26,28,29)/t14-,15-/m1/s1/i1D3. The van der Waals surface area contributed by atoms with Crippen molar-refractivity contribution in [3.8, 4) is 6.07 Å². The summed E-state index contributed by atoms with van der Waals surface area (Å²) in [5.41, 5.74) is 1.23. The summed E-state index contributed by atoms with van der Waals surface area (Å²) in [5.74, 6) is 0.642. The second-order valence-corrected chi connectivity index (χ2v) is 8.01. The number of alkyl carbamates (subject to hydrolysis) is 1. The van der Waals surface area contributed by atoms with E-state index in [-0.39, 0.29) is 17.6 Å². The summed E-state index contributed by atoms with van der Waals surface area (Å²) in [7, 11) is 1.28. The Balaban J connectivity index is 1.55. The molecule has 1 aromatic carbocycles. The summed E-state index contributed by atoms with van der Waals surface area (Å²) < 4.78 is 30.6. The van der Waals surface area contributed by atoms with Gasteiger partial charge in [0.25, 0.3) is 0 Å². The largest absolute Gasteiger partial charge is 0.453 e. The maximum absolute atomic E-state index is 13.3. The lowest BCUT2D eigenvalue weighted by Gasteiger charge is -2.14. The van der Waals surface area contributed by atoms with Crippen LogP contribution in [-0.4, -0.2) is 43.3 Å². The van der Waals surface area contributed by atoms with Crippen molar-refractivity contribution in [3.63, 3.8) is 0 Å². The van der Waals surface area contributed by atoms with Crippen LogP contribution in [0.25, 0.3) is 22.1 Å². The number of methoxy groups -OCH3 is 1. The zero-order valence-electron chi connectivity index (χ0n) is 21.1. The van der Waals surface area contributed by atoms with E-state index in [4.69, 9.17) is 4.11 Å². The van der Waals surface area contributed by atoms with E-state index in [1.807, 2.05) is 0 Å². The van der Waals surface area contributed by atoms with Crippen molar-refractivity contribution < 1.29 is 13.6 Å². The van der Waals surface area contributed by atoms with E-state index in [0.29, 0.717) is 53.0 Å². The van der Waals surface area contributed by atoms with Gasteiger partial charge < -0.3 is 15.4 Å². The minimum absolute atomic E-state index is 0.163. The Morgan fingerprint density at radius 1 is 1.26 bits per heavy atom. The van der Waals surface area contributed by atoms with Gasteiger partial charge in [-0.15, -0.1) is 0 Å². The average molecular weight is 462 g/mol. The number of imidazole rings is 1. The molecule has 0 aliphatic heterocycles. The van der Waals surface area contributed by atoms with E-state index in [0.717, 1.165) is 4.57 Å². The van der Waals surface area contributed by atoms with E-state index >= 15 is 0 Å². The molecule has 1 saturated carbocycles. The number of aromatic nitrogens is 5. The molecule has 3 heterocycles. The van der Waals surface area contributed by atoms with Gasteiger partial charge in [0, 0.05) is 29.2 Å². The number of aryl methyl sites for hydroxylation is 1. The van der Waals surface area contributed by atoms with Gasteiger partial charge in [-0.3, -0.25) is 14.1 Å². The fourth-order valence-electron chi connectivity index (χ4n) is 4.40. The molecule has 5 rings (SSSR count). The molecular weight excluding hydrogens is 436 g/mol. The van der Waals surface area contributed by atoms with Crippen molar-refractivity contribution in [3.05, 3.63) is 52.7 Å². The van der Waals surface area contributed by atoms with E-state index in [9.17, 15) is 14.9 Å². The van der Waals surface area contributed by atoms with Crippen LogP contribution in [0.5, 0.6) is 0 Å². The molecule has 1 aliphatic rings. The van der Waals surface area contributed by atoms with Crippen molar-refractivity contribution in [2.45, 2.75) is 31.3 Å². The molecule has 2 atom stereocenters. The summed E-state index contributed by atoms with van der Waals surface area (Å²) in [4.78, 5) is 38.1. The molecule has 0 bridgehead atoms. The first-order chi connectivity index (χ1) is 17.7. The summed E-state index contributed by atoms with van der Waals surface area (Å²) in [6.45, 7) is -2.71. The molecule has 0 unspecified atom stereocenters. The van der Waals surface area contributed by atoms with Crippen LogP contribution >= 0.6 is 0 Å². The topological polar surface area (TPSA) is 140 Å². The fourth-order valence-corrected chi connectivity index (χ4v) is 4.40. The molecular formula is C23H22N8O3. The van der Waals surface area contributed by atoms with Gasteiger partial charge in [-0.05, 0) is 31.4 Å². The number of nitriles is 1. The number of fused-ring (bicyclic) bond motifs is 2. The second-order valence-electron chi connectivity index (χ2n) is 8.01. The van der Waals surface area contributed by atoms with Gasteiger partial charge in [0.15, 0.2) is 5.82 Å². The molecule has 1 aliphatic carbocycles. The molecule has 0 spiro atoms. The Hall–Kier alpha value is -4.46. The highest BCUT2D eigenvalue weighted by Gasteiger charge is 2.30. The maximum atomic E-state index is 13.3. The van der Waals surface area contributed by atoms with Crippen molar-refractivity contribution in [1.29, 1.82) is 5.26 Å². The number of ether oxygens (including phenoxy) is 1. The number of nitrogens with zero attached hydrogens (tertiary/aromatic N) is 6. The first-order valence-corrected chi connectivity index (χ1v) is 10.6. The van der Waals surface area contributed by atoms with Gasteiger partial charge in [-0.25, -0.2) is 19.6 Å². The van der Waals surface area contributed by atoms with Crippen LogP contribution in [0.2, 0.25) is 0 Å². The SMILES string of the molecule is [2H]C([2H])([2H])n1c(=O)n([C@@H]2CC[C@@H](NC(=O)OC)C2)c2cc(Nc3cnc4cccc(C#N)c4n3)ncc21. The maximum Gasteiger partial charge on any atom is 0.407 e. The van der Waals surface area contributed by atoms with Gasteiger partial charge in [0.2, 0.25) is 0 Å².